The minimum Gasteiger partial charge on any atom is -0.481 e. The van der Waals surface area contributed by atoms with E-state index in [0.29, 0.717) is 10.0 Å². The van der Waals surface area contributed by atoms with Crippen LogP contribution in [-0.4, -0.2) is 11.1 Å². The molecule has 88 valence electrons. The van der Waals surface area contributed by atoms with Gasteiger partial charge in [-0.2, -0.15) is 0 Å². The second kappa shape index (κ2) is 6.12. The Kier molecular flexibility index (Phi) is 5.10. The van der Waals surface area contributed by atoms with Gasteiger partial charge in [0.25, 0.3) is 0 Å². The summed E-state index contributed by atoms with van der Waals surface area (Å²) in [7, 11) is 0. The number of aliphatic carboxylic acids is 1. The van der Waals surface area contributed by atoms with Crippen molar-refractivity contribution in [2.75, 3.05) is 0 Å². The Morgan fingerprint density at radius 2 is 2.06 bits per heavy atom. The van der Waals surface area contributed by atoms with Crippen molar-refractivity contribution in [2.24, 2.45) is 5.92 Å². The zero-order valence-corrected chi connectivity index (χ0v) is 10.6. The Bertz CT molecular complexity index is 377. The van der Waals surface area contributed by atoms with Crippen molar-refractivity contribution >= 4 is 29.2 Å². The fourth-order valence-corrected chi connectivity index (χ4v) is 1.83. The van der Waals surface area contributed by atoms with Crippen LogP contribution in [0.5, 0.6) is 0 Å². The molecular formula is C12H14Cl2O2. The van der Waals surface area contributed by atoms with Crippen LogP contribution in [0.1, 0.15) is 25.3 Å². The molecule has 1 aromatic rings. The molecule has 0 spiro atoms. The standard InChI is InChI=1S/C12H14Cl2O2/c1-8(6-12(15)16)2-3-9-4-5-10(13)11(14)7-9/h4-5,7-8H,2-3,6H2,1H3,(H,15,16). The highest BCUT2D eigenvalue weighted by Gasteiger charge is 2.08. The number of hydrogen-bond donors (Lipinski definition) is 1. The summed E-state index contributed by atoms with van der Waals surface area (Å²) in [4.78, 5) is 10.5. The third-order valence-electron chi connectivity index (χ3n) is 2.43. The van der Waals surface area contributed by atoms with E-state index in [1.54, 1.807) is 6.07 Å². The molecular weight excluding hydrogens is 247 g/mol. The Morgan fingerprint density at radius 3 is 2.62 bits per heavy atom. The molecule has 1 atom stereocenters. The first-order valence-electron chi connectivity index (χ1n) is 5.14. The van der Waals surface area contributed by atoms with Crippen LogP contribution in [0.2, 0.25) is 10.0 Å². The molecule has 0 saturated heterocycles. The lowest BCUT2D eigenvalue weighted by atomic mass is 9.98. The predicted molar refractivity (Wildman–Crippen MR) is 66.2 cm³/mol. The number of rotatable bonds is 5. The van der Waals surface area contributed by atoms with Crippen LogP contribution >= 0.6 is 23.2 Å². The fourth-order valence-electron chi connectivity index (χ4n) is 1.51. The number of carboxylic acid groups (broad SMARTS) is 1. The Labute approximate surface area is 105 Å². The molecule has 0 amide bonds. The lowest BCUT2D eigenvalue weighted by molar-refractivity contribution is -0.138. The van der Waals surface area contributed by atoms with Crippen molar-refractivity contribution in [3.63, 3.8) is 0 Å². The maximum absolute atomic E-state index is 10.5. The summed E-state index contributed by atoms with van der Waals surface area (Å²) < 4.78 is 0. The van der Waals surface area contributed by atoms with E-state index in [-0.39, 0.29) is 12.3 Å². The van der Waals surface area contributed by atoms with Gasteiger partial charge in [0.05, 0.1) is 10.0 Å². The van der Waals surface area contributed by atoms with Crippen LogP contribution in [-0.2, 0) is 11.2 Å². The topological polar surface area (TPSA) is 37.3 Å². The highest BCUT2D eigenvalue weighted by Crippen LogP contribution is 2.24. The first kappa shape index (κ1) is 13.3. The van der Waals surface area contributed by atoms with Gasteiger partial charge in [-0.25, -0.2) is 0 Å². The van der Waals surface area contributed by atoms with Gasteiger partial charge in [-0.05, 0) is 36.5 Å². The maximum Gasteiger partial charge on any atom is 0.303 e. The summed E-state index contributed by atoms with van der Waals surface area (Å²) in [5, 5.41) is 9.71. The van der Waals surface area contributed by atoms with E-state index in [2.05, 4.69) is 0 Å². The normalized spacial score (nSPS) is 12.4. The summed E-state index contributed by atoms with van der Waals surface area (Å²) in [6.45, 7) is 1.94. The molecule has 0 saturated carbocycles. The average Bonchev–Trinajstić information content (AvgIpc) is 2.19. The van der Waals surface area contributed by atoms with Gasteiger partial charge in [0, 0.05) is 6.42 Å². The highest BCUT2D eigenvalue weighted by atomic mass is 35.5. The number of halogens is 2. The second-order valence-corrected chi connectivity index (χ2v) is 4.80. The number of carboxylic acids is 1. The SMILES string of the molecule is CC(CCc1ccc(Cl)c(Cl)c1)CC(=O)O. The van der Waals surface area contributed by atoms with Crippen molar-refractivity contribution in [3.8, 4) is 0 Å². The molecule has 2 nitrogen and oxygen atoms in total. The number of carbonyl (C=O) groups is 1. The van der Waals surface area contributed by atoms with Gasteiger partial charge in [-0.3, -0.25) is 4.79 Å². The largest absolute Gasteiger partial charge is 0.481 e. The van der Waals surface area contributed by atoms with Gasteiger partial charge < -0.3 is 5.11 Å². The number of hydrogen-bond acceptors (Lipinski definition) is 1. The maximum atomic E-state index is 10.5. The summed E-state index contributed by atoms with van der Waals surface area (Å²) >= 11 is 11.7. The Hall–Kier alpha value is -0.730. The van der Waals surface area contributed by atoms with Crippen LogP contribution < -0.4 is 0 Å². The predicted octanol–water partition coefficient (Wildman–Crippen LogP) is 4.04. The van der Waals surface area contributed by atoms with Crippen LogP contribution in [0, 0.1) is 5.92 Å². The monoisotopic (exact) mass is 260 g/mol. The van der Waals surface area contributed by atoms with E-state index in [9.17, 15) is 4.79 Å². The van der Waals surface area contributed by atoms with Crippen molar-refractivity contribution in [1.29, 1.82) is 0 Å². The molecule has 0 aliphatic rings. The van der Waals surface area contributed by atoms with Crippen LogP contribution in [0.4, 0.5) is 0 Å². The van der Waals surface area contributed by atoms with Gasteiger partial charge >= 0.3 is 5.97 Å². The molecule has 16 heavy (non-hydrogen) atoms. The summed E-state index contributed by atoms with van der Waals surface area (Å²) in [6, 6.07) is 5.51. The van der Waals surface area contributed by atoms with E-state index >= 15 is 0 Å². The quantitative estimate of drug-likeness (QED) is 0.868. The average molecular weight is 261 g/mol. The van der Waals surface area contributed by atoms with Gasteiger partial charge in [-0.1, -0.05) is 36.2 Å². The van der Waals surface area contributed by atoms with Crippen molar-refractivity contribution in [2.45, 2.75) is 26.2 Å². The zero-order valence-electron chi connectivity index (χ0n) is 9.04. The van der Waals surface area contributed by atoms with Gasteiger partial charge in [0.2, 0.25) is 0 Å². The van der Waals surface area contributed by atoms with Gasteiger partial charge in [0.15, 0.2) is 0 Å². The summed E-state index contributed by atoms with van der Waals surface area (Å²) in [5.41, 5.74) is 1.09. The third-order valence-corrected chi connectivity index (χ3v) is 3.17. The van der Waals surface area contributed by atoms with Gasteiger partial charge in [0.1, 0.15) is 0 Å². The van der Waals surface area contributed by atoms with Crippen LogP contribution in [0.3, 0.4) is 0 Å². The Balaban J connectivity index is 2.48. The van der Waals surface area contributed by atoms with E-state index < -0.39 is 5.97 Å². The van der Waals surface area contributed by atoms with Crippen molar-refractivity contribution in [3.05, 3.63) is 33.8 Å². The van der Waals surface area contributed by atoms with Crippen LogP contribution in [0.15, 0.2) is 18.2 Å². The molecule has 1 N–H and O–H groups in total. The fraction of sp³-hybridized carbons (Fsp3) is 0.417. The second-order valence-electron chi connectivity index (χ2n) is 3.99. The smallest absolute Gasteiger partial charge is 0.303 e. The summed E-state index contributed by atoms with van der Waals surface area (Å²) in [6.07, 6.45) is 1.87. The molecule has 0 aliphatic heterocycles. The molecule has 1 unspecified atom stereocenters. The molecule has 0 aliphatic carbocycles. The number of benzene rings is 1. The zero-order chi connectivity index (χ0) is 12.1. The first-order chi connectivity index (χ1) is 7.49. The van der Waals surface area contributed by atoms with E-state index in [1.165, 1.54) is 0 Å². The number of aryl methyl sites for hydroxylation is 1. The lowest BCUT2D eigenvalue weighted by Gasteiger charge is -2.08. The molecule has 0 heterocycles. The minimum absolute atomic E-state index is 0.173. The lowest BCUT2D eigenvalue weighted by Crippen LogP contribution is -2.05. The first-order valence-corrected chi connectivity index (χ1v) is 5.90. The molecule has 1 aromatic carbocycles. The molecule has 0 aromatic heterocycles. The highest BCUT2D eigenvalue weighted by molar-refractivity contribution is 6.42. The van der Waals surface area contributed by atoms with Crippen molar-refractivity contribution in [1.82, 2.24) is 0 Å². The van der Waals surface area contributed by atoms with E-state index in [0.717, 1.165) is 18.4 Å². The third kappa shape index (κ3) is 4.42. The molecule has 0 fully saturated rings. The molecule has 4 heteroatoms. The minimum atomic E-state index is -0.748. The van der Waals surface area contributed by atoms with E-state index in [4.69, 9.17) is 28.3 Å². The molecule has 0 radical (unpaired) electrons. The van der Waals surface area contributed by atoms with Crippen LogP contribution in [0.25, 0.3) is 0 Å². The summed E-state index contributed by atoms with van der Waals surface area (Å²) in [5.74, 6) is -0.575. The van der Waals surface area contributed by atoms with Gasteiger partial charge in [-0.15, -0.1) is 0 Å². The van der Waals surface area contributed by atoms with Crippen molar-refractivity contribution < 1.29 is 9.90 Å². The Morgan fingerprint density at radius 1 is 1.38 bits per heavy atom. The molecule has 0 bridgehead atoms. The van der Waals surface area contributed by atoms with E-state index in [1.807, 2.05) is 19.1 Å². The molecule has 1 rings (SSSR count).